The van der Waals surface area contributed by atoms with Crippen molar-refractivity contribution in [2.24, 2.45) is 0 Å². The third-order valence-corrected chi connectivity index (χ3v) is 3.64. The Morgan fingerprint density at radius 2 is 2.00 bits per heavy atom. The SMILES string of the molecule is CCN(C(=O)NC1CCCCC1O)C(C)CC(=O)O. The molecule has 6 nitrogen and oxygen atoms in total. The number of carbonyl (C=O) groups excluding carboxylic acids is 1. The van der Waals surface area contributed by atoms with Gasteiger partial charge in [-0.25, -0.2) is 4.79 Å². The monoisotopic (exact) mass is 272 g/mol. The van der Waals surface area contributed by atoms with Crippen molar-refractivity contribution in [2.75, 3.05) is 6.54 Å². The summed E-state index contributed by atoms with van der Waals surface area (Å²) < 4.78 is 0. The molecule has 0 aromatic carbocycles. The summed E-state index contributed by atoms with van der Waals surface area (Å²) in [6.45, 7) is 3.98. The van der Waals surface area contributed by atoms with E-state index in [1.165, 1.54) is 4.90 Å². The quantitative estimate of drug-likeness (QED) is 0.701. The van der Waals surface area contributed by atoms with E-state index in [-0.39, 0.29) is 24.5 Å². The maximum atomic E-state index is 12.1. The summed E-state index contributed by atoms with van der Waals surface area (Å²) >= 11 is 0. The van der Waals surface area contributed by atoms with Crippen LogP contribution in [-0.2, 0) is 4.79 Å². The minimum absolute atomic E-state index is 0.0749. The smallest absolute Gasteiger partial charge is 0.317 e. The van der Waals surface area contributed by atoms with E-state index in [1.807, 2.05) is 6.92 Å². The number of aliphatic carboxylic acids is 1. The molecule has 2 amide bonds. The van der Waals surface area contributed by atoms with Crippen molar-refractivity contribution in [1.29, 1.82) is 0 Å². The van der Waals surface area contributed by atoms with Gasteiger partial charge in [-0.05, 0) is 26.7 Å². The fourth-order valence-corrected chi connectivity index (χ4v) is 2.54. The van der Waals surface area contributed by atoms with Crippen LogP contribution in [0.15, 0.2) is 0 Å². The Balaban J connectivity index is 2.55. The topological polar surface area (TPSA) is 89.9 Å². The van der Waals surface area contributed by atoms with E-state index in [9.17, 15) is 14.7 Å². The molecule has 1 fully saturated rings. The van der Waals surface area contributed by atoms with Crippen molar-refractivity contribution in [3.63, 3.8) is 0 Å². The highest BCUT2D eigenvalue weighted by atomic mass is 16.4. The Morgan fingerprint density at radius 1 is 1.37 bits per heavy atom. The number of hydrogen-bond acceptors (Lipinski definition) is 3. The van der Waals surface area contributed by atoms with Gasteiger partial charge in [0.25, 0.3) is 0 Å². The molecule has 3 N–H and O–H groups in total. The van der Waals surface area contributed by atoms with Crippen molar-refractivity contribution >= 4 is 12.0 Å². The highest BCUT2D eigenvalue weighted by Crippen LogP contribution is 2.18. The molecule has 0 radical (unpaired) electrons. The Kier molecular flexibility index (Phi) is 6.08. The molecule has 0 saturated heterocycles. The van der Waals surface area contributed by atoms with Crippen LogP contribution in [0.5, 0.6) is 0 Å². The van der Waals surface area contributed by atoms with Gasteiger partial charge in [-0.3, -0.25) is 4.79 Å². The molecule has 3 unspecified atom stereocenters. The van der Waals surface area contributed by atoms with E-state index < -0.39 is 12.1 Å². The molecule has 1 saturated carbocycles. The number of carboxylic acid groups (broad SMARTS) is 1. The molecule has 0 bridgehead atoms. The minimum Gasteiger partial charge on any atom is -0.481 e. The van der Waals surface area contributed by atoms with Gasteiger partial charge in [0.2, 0.25) is 0 Å². The van der Waals surface area contributed by atoms with E-state index in [2.05, 4.69) is 5.32 Å². The Bertz CT molecular complexity index is 322. The Hall–Kier alpha value is -1.30. The first-order valence-electron chi connectivity index (χ1n) is 6.92. The van der Waals surface area contributed by atoms with Crippen molar-refractivity contribution in [3.05, 3.63) is 0 Å². The second-order valence-corrected chi connectivity index (χ2v) is 5.14. The lowest BCUT2D eigenvalue weighted by Gasteiger charge is -2.33. The number of rotatable bonds is 5. The zero-order chi connectivity index (χ0) is 14.4. The minimum atomic E-state index is -0.920. The summed E-state index contributed by atoms with van der Waals surface area (Å²) in [6, 6.07) is -0.863. The van der Waals surface area contributed by atoms with Gasteiger partial charge in [0.1, 0.15) is 0 Å². The number of urea groups is 1. The maximum Gasteiger partial charge on any atom is 0.317 e. The Morgan fingerprint density at radius 3 is 2.53 bits per heavy atom. The molecule has 19 heavy (non-hydrogen) atoms. The molecule has 3 atom stereocenters. The number of aliphatic hydroxyl groups is 1. The van der Waals surface area contributed by atoms with E-state index >= 15 is 0 Å². The number of nitrogens with zero attached hydrogens (tertiary/aromatic N) is 1. The zero-order valence-electron chi connectivity index (χ0n) is 11.6. The van der Waals surface area contributed by atoms with Crippen LogP contribution in [0.1, 0.15) is 46.0 Å². The van der Waals surface area contributed by atoms with Gasteiger partial charge in [-0.1, -0.05) is 12.8 Å². The standard InChI is InChI=1S/C13H24N2O4/c1-3-15(9(2)8-12(17)18)13(19)14-10-6-4-5-7-11(10)16/h9-11,16H,3-8H2,1-2H3,(H,14,19)(H,17,18). The van der Waals surface area contributed by atoms with E-state index in [1.54, 1.807) is 6.92 Å². The molecule has 0 spiro atoms. The van der Waals surface area contributed by atoms with Crippen LogP contribution in [0.25, 0.3) is 0 Å². The van der Waals surface area contributed by atoms with E-state index in [0.29, 0.717) is 13.0 Å². The van der Waals surface area contributed by atoms with Crippen molar-refractivity contribution in [1.82, 2.24) is 10.2 Å². The van der Waals surface area contributed by atoms with Gasteiger partial charge in [-0.15, -0.1) is 0 Å². The van der Waals surface area contributed by atoms with Gasteiger partial charge in [0, 0.05) is 12.6 Å². The summed E-state index contributed by atoms with van der Waals surface area (Å²) in [5.41, 5.74) is 0. The lowest BCUT2D eigenvalue weighted by Crippen LogP contribution is -2.52. The molecule has 1 rings (SSSR count). The van der Waals surface area contributed by atoms with Gasteiger partial charge < -0.3 is 20.4 Å². The average Bonchev–Trinajstić information content (AvgIpc) is 2.32. The highest BCUT2D eigenvalue weighted by Gasteiger charge is 2.28. The molecule has 1 aliphatic rings. The van der Waals surface area contributed by atoms with Crippen LogP contribution in [-0.4, -0.2) is 51.8 Å². The summed E-state index contributed by atoms with van der Waals surface area (Å²) in [6.07, 6.45) is 2.90. The van der Waals surface area contributed by atoms with Gasteiger partial charge in [-0.2, -0.15) is 0 Å². The molecule has 0 aromatic rings. The number of carbonyl (C=O) groups is 2. The molecule has 0 aromatic heterocycles. The first-order valence-corrected chi connectivity index (χ1v) is 6.92. The molecular weight excluding hydrogens is 248 g/mol. The number of aliphatic hydroxyl groups excluding tert-OH is 1. The van der Waals surface area contributed by atoms with Gasteiger partial charge in [0.15, 0.2) is 0 Å². The highest BCUT2D eigenvalue weighted by molar-refractivity contribution is 5.76. The van der Waals surface area contributed by atoms with Crippen molar-refractivity contribution < 1.29 is 19.8 Å². The van der Waals surface area contributed by atoms with E-state index in [4.69, 9.17) is 5.11 Å². The van der Waals surface area contributed by atoms with Crippen LogP contribution in [0.3, 0.4) is 0 Å². The summed E-state index contributed by atoms with van der Waals surface area (Å²) in [7, 11) is 0. The fourth-order valence-electron chi connectivity index (χ4n) is 2.54. The molecule has 0 heterocycles. The first-order chi connectivity index (χ1) is 8.95. The van der Waals surface area contributed by atoms with Crippen LogP contribution in [0.4, 0.5) is 4.79 Å². The average molecular weight is 272 g/mol. The maximum absolute atomic E-state index is 12.1. The lowest BCUT2D eigenvalue weighted by molar-refractivity contribution is -0.138. The molecule has 0 aliphatic heterocycles. The van der Waals surface area contributed by atoms with Gasteiger partial charge >= 0.3 is 12.0 Å². The third-order valence-electron chi connectivity index (χ3n) is 3.64. The van der Waals surface area contributed by atoms with Crippen LogP contribution in [0, 0.1) is 0 Å². The van der Waals surface area contributed by atoms with Gasteiger partial charge in [0.05, 0.1) is 18.6 Å². The van der Waals surface area contributed by atoms with Crippen LogP contribution in [0.2, 0.25) is 0 Å². The van der Waals surface area contributed by atoms with Crippen LogP contribution < -0.4 is 5.32 Å². The fraction of sp³-hybridized carbons (Fsp3) is 0.846. The van der Waals surface area contributed by atoms with Crippen molar-refractivity contribution in [3.8, 4) is 0 Å². The summed E-state index contributed by atoms with van der Waals surface area (Å²) in [5.74, 6) is -0.920. The largest absolute Gasteiger partial charge is 0.481 e. The molecular formula is C13H24N2O4. The van der Waals surface area contributed by atoms with Crippen molar-refractivity contribution in [2.45, 2.75) is 64.1 Å². The predicted octanol–water partition coefficient (Wildman–Crippen LogP) is 1.18. The number of nitrogens with one attached hydrogen (secondary N) is 1. The number of hydrogen-bond donors (Lipinski definition) is 3. The summed E-state index contributed by atoms with van der Waals surface area (Å²) in [5, 5.41) is 21.4. The lowest BCUT2D eigenvalue weighted by atomic mass is 9.93. The predicted molar refractivity (Wildman–Crippen MR) is 70.9 cm³/mol. The molecule has 1 aliphatic carbocycles. The molecule has 110 valence electrons. The van der Waals surface area contributed by atoms with Crippen LogP contribution >= 0.6 is 0 Å². The Labute approximate surface area is 113 Å². The normalized spacial score (nSPS) is 24.6. The first kappa shape index (κ1) is 15.8. The third kappa shape index (κ3) is 4.70. The number of amides is 2. The summed E-state index contributed by atoms with van der Waals surface area (Å²) in [4.78, 5) is 24.3. The van der Waals surface area contributed by atoms with E-state index in [0.717, 1.165) is 19.3 Å². The zero-order valence-corrected chi connectivity index (χ0v) is 11.6. The molecule has 6 heteroatoms. The second kappa shape index (κ2) is 7.33. The second-order valence-electron chi connectivity index (χ2n) is 5.14. The number of carboxylic acids is 1.